The molecule has 0 bridgehead atoms. The van der Waals surface area contributed by atoms with E-state index in [4.69, 9.17) is 4.42 Å². The van der Waals surface area contributed by atoms with E-state index in [0.29, 0.717) is 12.1 Å². The van der Waals surface area contributed by atoms with Gasteiger partial charge in [-0.15, -0.1) is 0 Å². The Kier molecular flexibility index (Phi) is 5.52. The van der Waals surface area contributed by atoms with E-state index in [1.807, 2.05) is 49.4 Å². The van der Waals surface area contributed by atoms with E-state index >= 15 is 0 Å². The lowest BCUT2D eigenvalue weighted by molar-refractivity contribution is -0.130. The summed E-state index contributed by atoms with van der Waals surface area (Å²) in [6.45, 7) is 2.53. The van der Waals surface area contributed by atoms with Crippen molar-refractivity contribution in [2.24, 2.45) is 0 Å². The maximum atomic E-state index is 12.5. The summed E-state index contributed by atoms with van der Waals surface area (Å²) in [5.41, 5.74) is 2.55. The summed E-state index contributed by atoms with van der Waals surface area (Å²) in [5, 5.41) is 1.05. The van der Waals surface area contributed by atoms with Crippen LogP contribution in [-0.4, -0.2) is 23.6 Å². The fourth-order valence-electron chi connectivity index (χ4n) is 3.11. The molecule has 0 saturated heterocycles. The number of carbonyl (C=O) groups is 2. The van der Waals surface area contributed by atoms with Gasteiger partial charge in [0.1, 0.15) is 11.3 Å². The van der Waals surface area contributed by atoms with Gasteiger partial charge in [0.2, 0.25) is 5.91 Å². The number of furan rings is 1. The minimum atomic E-state index is -0.0402. The third-order valence-electron chi connectivity index (χ3n) is 4.59. The van der Waals surface area contributed by atoms with Crippen LogP contribution in [0.4, 0.5) is 0 Å². The Morgan fingerprint density at radius 3 is 2.38 bits per heavy atom. The minimum absolute atomic E-state index is 0.00430. The van der Waals surface area contributed by atoms with E-state index in [1.54, 1.807) is 24.1 Å². The monoisotopic (exact) mass is 349 g/mol. The van der Waals surface area contributed by atoms with Crippen molar-refractivity contribution in [1.29, 1.82) is 0 Å². The molecule has 0 fully saturated rings. The molecule has 4 nitrogen and oxygen atoms in total. The zero-order valence-electron chi connectivity index (χ0n) is 15.2. The molecule has 0 unspecified atom stereocenters. The number of hydrogen-bond acceptors (Lipinski definition) is 3. The Morgan fingerprint density at radius 2 is 1.65 bits per heavy atom. The number of fused-ring (bicyclic) bond motifs is 1. The van der Waals surface area contributed by atoms with Crippen molar-refractivity contribution in [2.45, 2.75) is 32.7 Å². The molecule has 0 radical (unpaired) electrons. The van der Waals surface area contributed by atoms with Gasteiger partial charge in [-0.1, -0.05) is 55.5 Å². The van der Waals surface area contributed by atoms with Gasteiger partial charge in [-0.25, -0.2) is 0 Å². The lowest BCUT2D eigenvalue weighted by Gasteiger charge is -2.17. The van der Waals surface area contributed by atoms with Crippen molar-refractivity contribution in [3.8, 4) is 0 Å². The van der Waals surface area contributed by atoms with Gasteiger partial charge < -0.3 is 9.32 Å². The van der Waals surface area contributed by atoms with Crippen LogP contribution in [0.2, 0.25) is 0 Å². The van der Waals surface area contributed by atoms with Crippen molar-refractivity contribution in [1.82, 2.24) is 4.90 Å². The topological polar surface area (TPSA) is 50.5 Å². The largest absolute Gasteiger partial charge is 0.461 e. The Bertz CT molecular complexity index is 912. The van der Waals surface area contributed by atoms with Crippen LogP contribution in [0.3, 0.4) is 0 Å². The van der Waals surface area contributed by atoms with Crippen LogP contribution in [0.5, 0.6) is 0 Å². The number of hydrogen-bond donors (Lipinski definition) is 0. The zero-order chi connectivity index (χ0) is 18.5. The fraction of sp³-hybridized carbons (Fsp3) is 0.273. The summed E-state index contributed by atoms with van der Waals surface area (Å²) in [7, 11) is 1.77. The van der Waals surface area contributed by atoms with Gasteiger partial charge in [-0.3, -0.25) is 9.59 Å². The molecule has 0 aliphatic rings. The van der Waals surface area contributed by atoms with Crippen LogP contribution in [-0.2, 0) is 17.8 Å². The molecule has 1 heterocycles. The Hall–Kier alpha value is -2.88. The molecule has 1 amide bonds. The maximum absolute atomic E-state index is 12.5. The Balaban J connectivity index is 1.65. The maximum Gasteiger partial charge on any atom is 0.223 e. The molecule has 2 aromatic carbocycles. The molecule has 0 N–H and O–H groups in total. The number of amides is 1. The molecule has 134 valence electrons. The van der Waals surface area contributed by atoms with Gasteiger partial charge in [-0.05, 0) is 6.07 Å². The number of aryl methyl sites for hydroxylation is 1. The Morgan fingerprint density at radius 1 is 0.962 bits per heavy atom. The van der Waals surface area contributed by atoms with E-state index in [0.717, 1.165) is 28.7 Å². The quantitative estimate of drug-likeness (QED) is 0.585. The third-order valence-corrected chi connectivity index (χ3v) is 4.59. The van der Waals surface area contributed by atoms with Crippen LogP contribution in [0.25, 0.3) is 11.0 Å². The highest BCUT2D eigenvalue weighted by atomic mass is 16.3. The predicted octanol–water partition coefficient (Wildman–Crippen LogP) is 4.62. The van der Waals surface area contributed by atoms with Crippen LogP contribution in [0.15, 0.2) is 59.0 Å². The van der Waals surface area contributed by atoms with E-state index < -0.39 is 0 Å². The normalized spacial score (nSPS) is 10.8. The van der Waals surface area contributed by atoms with Crippen LogP contribution in [0, 0.1) is 0 Å². The average Bonchev–Trinajstić information content (AvgIpc) is 3.04. The van der Waals surface area contributed by atoms with Crippen molar-refractivity contribution in [3.63, 3.8) is 0 Å². The van der Waals surface area contributed by atoms with Crippen molar-refractivity contribution in [2.75, 3.05) is 7.05 Å². The number of carbonyl (C=O) groups excluding carboxylic acids is 2. The SMILES string of the molecule is CCc1oc2ccccc2c1CN(C)C(=O)CCC(=O)c1ccccc1. The highest BCUT2D eigenvalue weighted by Crippen LogP contribution is 2.27. The van der Waals surface area contributed by atoms with E-state index in [1.165, 1.54) is 0 Å². The number of benzene rings is 2. The highest BCUT2D eigenvalue weighted by molar-refractivity contribution is 5.97. The van der Waals surface area contributed by atoms with Crippen molar-refractivity contribution < 1.29 is 14.0 Å². The van der Waals surface area contributed by atoms with Crippen LogP contribution >= 0.6 is 0 Å². The Labute approximate surface area is 153 Å². The lowest BCUT2D eigenvalue weighted by atomic mass is 10.1. The second-order valence-electron chi connectivity index (χ2n) is 6.39. The number of rotatable bonds is 7. The molecule has 0 spiro atoms. The number of nitrogens with zero attached hydrogens (tertiary/aromatic N) is 1. The zero-order valence-corrected chi connectivity index (χ0v) is 15.2. The molecule has 0 aliphatic carbocycles. The predicted molar refractivity (Wildman–Crippen MR) is 102 cm³/mol. The molecule has 0 saturated carbocycles. The lowest BCUT2D eigenvalue weighted by Crippen LogP contribution is -2.26. The highest BCUT2D eigenvalue weighted by Gasteiger charge is 2.18. The van der Waals surface area contributed by atoms with E-state index in [-0.39, 0.29) is 24.5 Å². The molecule has 3 rings (SSSR count). The summed E-state index contributed by atoms with van der Waals surface area (Å²) < 4.78 is 5.89. The van der Waals surface area contributed by atoms with Crippen molar-refractivity contribution in [3.05, 3.63) is 71.5 Å². The first-order valence-electron chi connectivity index (χ1n) is 8.91. The first-order chi connectivity index (χ1) is 12.6. The van der Waals surface area contributed by atoms with Gasteiger partial charge in [0.15, 0.2) is 5.78 Å². The second kappa shape index (κ2) is 8.00. The number of para-hydroxylation sites is 1. The van der Waals surface area contributed by atoms with E-state index in [2.05, 4.69) is 0 Å². The van der Waals surface area contributed by atoms with Crippen molar-refractivity contribution >= 4 is 22.7 Å². The molecule has 1 aromatic heterocycles. The molecule has 0 aliphatic heterocycles. The number of ketones is 1. The average molecular weight is 349 g/mol. The summed E-state index contributed by atoms with van der Waals surface area (Å²) in [6, 6.07) is 17.0. The van der Waals surface area contributed by atoms with Crippen LogP contribution < -0.4 is 0 Å². The summed E-state index contributed by atoms with van der Waals surface area (Å²) in [6.07, 6.45) is 1.21. The smallest absolute Gasteiger partial charge is 0.223 e. The van der Waals surface area contributed by atoms with Crippen LogP contribution in [0.1, 0.15) is 41.4 Å². The van der Waals surface area contributed by atoms with Gasteiger partial charge in [-0.2, -0.15) is 0 Å². The first kappa shape index (κ1) is 17.9. The molecule has 0 atom stereocenters. The third kappa shape index (κ3) is 3.85. The summed E-state index contributed by atoms with van der Waals surface area (Å²) >= 11 is 0. The van der Waals surface area contributed by atoms with E-state index in [9.17, 15) is 9.59 Å². The van der Waals surface area contributed by atoms with Gasteiger partial charge in [0.25, 0.3) is 0 Å². The fourth-order valence-corrected chi connectivity index (χ4v) is 3.11. The molecular weight excluding hydrogens is 326 g/mol. The molecule has 3 aromatic rings. The van der Waals surface area contributed by atoms with Gasteiger partial charge in [0.05, 0.1) is 0 Å². The van der Waals surface area contributed by atoms with Gasteiger partial charge >= 0.3 is 0 Å². The molecule has 26 heavy (non-hydrogen) atoms. The molecule has 4 heteroatoms. The van der Waals surface area contributed by atoms with Gasteiger partial charge in [0, 0.05) is 49.4 Å². The summed E-state index contributed by atoms with van der Waals surface area (Å²) in [4.78, 5) is 26.3. The molecular formula is C22H23NO3. The number of Topliss-reactive ketones (excluding diaryl/α,β-unsaturated/α-hetero) is 1. The first-order valence-corrected chi connectivity index (χ1v) is 8.91. The summed E-state index contributed by atoms with van der Waals surface area (Å²) in [5.74, 6) is 0.864. The minimum Gasteiger partial charge on any atom is -0.461 e. The standard InChI is InChI=1S/C22H23NO3/c1-3-20-18(17-11-7-8-12-21(17)26-20)15-23(2)22(25)14-13-19(24)16-9-5-4-6-10-16/h4-12H,3,13-15H2,1-2H3. The second-order valence-corrected chi connectivity index (χ2v) is 6.39.